The number of ether oxygens (including phenoxy) is 1. The molecule has 30 heavy (non-hydrogen) atoms. The Morgan fingerprint density at radius 3 is 2.10 bits per heavy atom. The van der Waals surface area contributed by atoms with Crippen LogP contribution in [0.25, 0.3) is 22.0 Å². The predicted molar refractivity (Wildman–Crippen MR) is 118 cm³/mol. The van der Waals surface area contributed by atoms with E-state index in [9.17, 15) is 0 Å². The smallest absolute Gasteiger partial charge is 0.191 e. The number of rotatable bonds is 2. The van der Waals surface area contributed by atoms with E-state index in [1.54, 1.807) is 0 Å². The maximum absolute atomic E-state index is 6.30. The first-order chi connectivity index (χ1) is 14.8. The molecule has 0 saturated heterocycles. The minimum atomic E-state index is -0.0821. The number of oxazole rings is 1. The molecule has 0 radical (unpaired) electrons. The molecular weight excluding hydrogens is 370 g/mol. The topological polar surface area (TPSA) is 35.3 Å². The number of benzene rings is 4. The van der Waals surface area contributed by atoms with Crippen molar-refractivity contribution in [3.05, 3.63) is 114 Å². The van der Waals surface area contributed by atoms with E-state index in [-0.39, 0.29) is 5.92 Å². The van der Waals surface area contributed by atoms with Crippen LogP contribution in [0, 0.1) is 6.92 Å². The summed E-state index contributed by atoms with van der Waals surface area (Å²) in [6.07, 6.45) is 0. The second-order valence-corrected chi connectivity index (χ2v) is 7.58. The molecule has 0 bridgehead atoms. The number of aryl methyl sites for hydroxylation is 1. The average molecular weight is 389 g/mol. The van der Waals surface area contributed by atoms with Crippen molar-refractivity contribution in [2.24, 2.45) is 0 Å². The predicted octanol–water partition coefficient (Wildman–Crippen LogP) is 7.09. The molecule has 0 unspecified atom stereocenters. The molecule has 3 heteroatoms. The maximum Gasteiger partial charge on any atom is 0.191 e. The summed E-state index contributed by atoms with van der Waals surface area (Å²) >= 11 is 0. The van der Waals surface area contributed by atoms with Gasteiger partial charge in [-0.05, 0) is 22.9 Å². The minimum absolute atomic E-state index is 0.0821. The van der Waals surface area contributed by atoms with E-state index in [0.717, 1.165) is 39.6 Å². The Morgan fingerprint density at radius 2 is 1.33 bits per heavy atom. The van der Waals surface area contributed by atoms with Crippen LogP contribution >= 0.6 is 0 Å². The summed E-state index contributed by atoms with van der Waals surface area (Å²) < 4.78 is 12.5. The Labute approximate surface area is 174 Å². The molecule has 5 aromatic rings. The fourth-order valence-electron chi connectivity index (χ4n) is 4.46. The summed E-state index contributed by atoms with van der Waals surface area (Å²) in [5.74, 6) is 3.15. The highest BCUT2D eigenvalue weighted by atomic mass is 16.5. The van der Waals surface area contributed by atoms with Crippen molar-refractivity contribution < 1.29 is 9.15 Å². The van der Waals surface area contributed by atoms with Crippen molar-refractivity contribution in [1.29, 1.82) is 0 Å². The van der Waals surface area contributed by atoms with Crippen LogP contribution in [-0.2, 0) is 0 Å². The van der Waals surface area contributed by atoms with Crippen molar-refractivity contribution >= 4 is 10.8 Å². The Bertz CT molecular complexity index is 1350. The van der Waals surface area contributed by atoms with Gasteiger partial charge in [0.05, 0.1) is 5.92 Å². The molecule has 0 amide bonds. The first-order valence-electron chi connectivity index (χ1n) is 10.1. The first-order valence-corrected chi connectivity index (χ1v) is 10.1. The fraction of sp³-hybridized carbons (Fsp3) is 0.0741. The summed E-state index contributed by atoms with van der Waals surface area (Å²) in [7, 11) is 0. The Balaban J connectivity index is 1.64. The molecule has 3 nitrogen and oxygen atoms in total. The van der Waals surface area contributed by atoms with Gasteiger partial charge in [0.2, 0.25) is 0 Å². The van der Waals surface area contributed by atoms with Crippen LogP contribution in [0.3, 0.4) is 0 Å². The molecule has 0 spiro atoms. The molecule has 4 aromatic carbocycles. The molecule has 0 saturated carbocycles. The second-order valence-electron chi connectivity index (χ2n) is 7.58. The SMILES string of the molecule is Cc1nc(-c2cccc3ccccc23)c(C2c3ccccc3Oc3ccccc32)o1. The molecule has 144 valence electrons. The number of nitrogens with zero attached hydrogens (tertiary/aromatic N) is 1. The number of aromatic nitrogens is 1. The van der Waals surface area contributed by atoms with E-state index in [0.29, 0.717) is 5.89 Å². The second kappa shape index (κ2) is 6.60. The summed E-state index contributed by atoms with van der Waals surface area (Å²) in [4.78, 5) is 4.84. The first kappa shape index (κ1) is 17.0. The third-order valence-corrected chi connectivity index (χ3v) is 5.75. The van der Waals surface area contributed by atoms with Gasteiger partial charge in [0.15, 0.2) is 5.89 Å². The van der Waals surface area contributed by atoms with Gasteiger partial charge in [-0.25, -0.2) is 4.98 Å². The van der Waals surface area contributed by atoms with E-state index in [1.165, 1.54) is 10.8 Å². The third kappa shape index (κ3) is 2.56. The van der Waals surface area contributed by atoms with Crippen molar-refractivity contribution in [1.82, 2.24) is 4.98 Å². The van der Waals surface area contributed by atoms with Gasteiger partial charge < -0.3 is 9.15 Å². The quantitative estimate of drug-likeness (QED) is 0.317. The van der Waals surface area contributed by atoms with E-state index in [2.05, 4.69) is 54.6 Å². The largest absolute Gasteiger partial charge is 0.457 e. The van der Waals surface area contributed by atoms with Gasteiger partial charge in [0.1, 0.15) is 23.0 Å². The number of hydrogen-bond acceptors (Lipinski definition) is 3. The summed E-state index contributed by atoms with van der Waals surface area (Å²) in [6.45, 7) is 1.91. The highest BCUT2D eigenvalue weighted by Crippen LogP contribution is 2.49. The monoisotopic (exact) mass is 389 g/mol. The lowest BCUT2D eigenvalue weighted by Crippen LogP contribution is -2.11. The van der Waals surface area contributed by atoms with Gasteiger partial charge in [-0.1, -0.05) is 78.9 Å². The number of hydrogen-bond donors (Lipinski definition) is 0. The van der Waals surface area contributed by atoms with Crippen LogP contribution in [0.4, 0.5) is 0 Å². The lowest BCUT2D eigenvalue weighted by Gasteiger charge is -2.27. The number of para-hydroxylation sites is 2. The minimum Gasteiger partial charge on any atom is -0.457 e. The maximum atomic E-state index is 6.30. The Hall–Kier alpha value is -3.85. The standard InChI is InChI=1S/C27H19NO2/c1-17-28-26(20-14-8-10-18-9-2-3-11-19(18)20)27(29-17)25-21-12-4-6-15-23(21)30-24-16-7-5-13-22(24)25/h2-16,25H,1H3. The van der Waals surface area contributed by atoms with Crippen LogP contribution < -0.4 is 4.74 Å². The van der Waals surface area contributed by atoms with Gasteiger partial charge in [-0.3, -0.25) is 0 Å². The highest BCUT2D eigenvalue weighted by Gasteiger charge is 2.33. The van der Waals surface area contributed by atoms with Crippen LogP contribution in [-0.4, -0.2) is 4.98 Å². The van der Waals surface area contributed by atoms with E-state index in [1.807, 2.05) is 43.3 Å². The van der Waals surface area contributed by atoms with E-state index < -0.39 is 0 Å². The highest BCUT2D eigenvalue weighted by molar-refractivity contribution is 5.96. The molecule has 0 fully saturated rings. The van der Waals surface area contributed by atoms with Crippen LogP contribution in [0.15, 0.2) is 95.4 Å². The van der Waals surface area contributed by atoms with Gasteiger partial charge in [0, 0.05) is 23.6 Å². The number of fused-ring (bicyclic) bond motifs is 3. The molecule has 0 aliphatic carbocycles. The van der Waals surface area contributed by atoms with Gasteiger partial charge >= 0.3 is 0 Å². The van der Waals surface area contributed by atoms with Crippen molar-refractivity contribution in [3.8, 4) is 22.8 Å². The zero-order valence-electron chi connectivity index (χ0n) is 16.5. The fourth-order valence-corrected chi connectivity index (χ4v) is 4.46. The molecule has 1 aliphatic heterocycles. The normalized spacial score (nSPS) is 13.0. The lowest BCUT2D eigenvalue weighted by atomic mass is 9.84. The molecule has 0 N–H and O–H groups in total. The summed E-state index contributed by atoms with van der Waals surface area (Å²) in [5, 5.41) is 2.36. The van der Waals surface area contributed by atoms with Gasteiger partial charge in [-0.15, -0.1) is 0 Å². The Kier molecular flexibility index (Phi) is 3.75. The van der Waals surface area contributed by atoms with Crippen LogP contribution in [0.2, 0.25) is 0 Å². The van der Waals surface area contributed by atoms with Gasteiger partial charge in [0.25, 0.3) is 0 Å². The molecule has 1 aliphatic rings. The Morgan fingerprint density at radius 1 is 0.700 bits per heavy atom. The average Bonchev–Trinajstić information content (AvgIpc) is 3.18. The van der Waals surface area contributed by atoms with E-state index in [4.69, 9.17) is 14.1 Å². The van der Waals surface area contributed by atoms with Crippen LogP contribution in [0.5, 0.6) is 11.5 Å². The molecule has 6 rings (SSSR count). The van der Waals surface area contributed by atoms with Gasteiger partial charge in [-0.2, -0.15) is 0 Å². The lowest BCUT2D eigenvalue weighted by molar-refractivity contribution is 0.425. The van der Waals surface area contributed by atoms with Crippen molar-refractivity contribution in [2.45, 2.75) is 12.8 Å². The zero-order chi connectivity index (χ0) is 20.1. The van der Waals surface area contributed by atoms with Crippen molar-refractivity contribution in [3.63, 3.8) is 0 Å². The molecule has 0 atom stereocenters. The van der Waals surface area contributed by atoms with E-state index >= 15 is 0 Å². The van der Waals surface area contributed by atoms with Crippen LogP contribution in [0.1, 0.15) is 28.7 Å². The summed E-state index contributed by atoms with van der Waals surface area (Å²) in [6, 6.07) is 31.1. The molecular formula is C27H19NO2. The molecule has 1 aromatic heterocycles. The van der Waals surface area contributed by atoms with Crippen molar-refractivity contribution in [2.75, 3.05) is 0 Å². The zero-order valence-corrected chi connectivity index (χ0v) is 16.5. The third-order valence-electron chi connectivity index (χ3n) is 5.75. The summed E-state index contributed by atoms with van der Waals surface area (Å²) in [5.41, 5.74) is 4.16. The molecule has 2 heterocycles.